The fraction of sp³-hybridized carbons (Fsp3) is 1.00. The lowest BCUT2D eigenvalue weighted by Crippen LogP contribution is -0.481. The molecule has 0 fully saturated rings. The van der Waals surface area contributed by atoms with Gasteiger partial charge in [-0.2, -0.15) is 0 Å². The summed E-state index contributed by atoms with van der Waals surface area (Å²) in [7, 11) is 0. The van der Waals surface area contributed by atoms with Crippen LogP contribution in [-0.4, -0.2) is 1.45 Å². The van der Waals surface area contributed by atoms with Crippen LogP contribution in [0, 0.1) is 0 Å². The van der Waals surface area contributed by atoms with E-state index < -0.39 is 0 Å². The number of hydrogen-bond donors (Lipinski definition) is 1. The van der Waals surface area contributed by atoms with Gasteiger partial charge in [0.1, 0.15) is 0 Å². The summed E-state index contributed by atoms with van der Waals surface area (Å²) in [5.74, 6) is 0. The van der Waals surface area contributed by atoms with Crippen molar-refractivity contribution in [2.45, 2.75) is 22.3 Å². The highest BCUT2D eigenvalue weighted by atomic mass is 19.0. The average Bonchev–Trinajstić information content (AvgIpc) is 1.50. The van der Waals surface area contributed by atoms with Crippen molar-refractivity contribution in [2.24, 2.45) is 0 Å². The van der Waals surface area contributed by atoms with Gasteiger partial charge in [0.05, 0.1) is 0 Å². The summed E-state index contributed by atoms with van der Waals surface area (Å²) < 4.78 is 23.0. The largest absolute Gasteiger partial charge is 0.344 e. The molecule has 1 nitrogen and oxygen atoms in total. The van der Waals surface area contributed by atoms with Crippen LogP contribution in [0.25, 0.3) is 0 Å². The average molecular weight is 93.2 g/mol. The summed E-state index contributed by atoms with van der Waals surface area (Å²) in [4.78, 5) is 0. The molecule has 0 amide bonds. The van der Waals surface area contributed by atoms with Gasteiger partial charge in [0.25, 0.3) is 1.45 Å². The molecule has 0 aliphatic rings. The van der Waals surface area contributed by atoms with Crippen molar-refractivity contribution in [2.75, 3.05) is 0 Å². The van der Waals surface area contributed by atoms with Crippen LogP contribution in [-0.2, 0) is 0 Å². The number of hydrogen-bond acceptors (Lipinski definition) is 1. The van der Waals surface area contributed by atoms with Gasteiger partial charge in [-0.05, 0) is 0 Å². The lowest BCUT2D eigenvalue weighted by atomic mass is 12.0. The SMILES string of the molecule is C.C.C.N.[3H]F.[3H][3H]. The normalized spacial score (nSPS) is 3.00. The van der Waals surface area contributed by atoms with Crippen LogP contribution in [0.3, 0.4) is 0 Å². The minimum absolute atomic E-state index is 0. The summed E-state index contributed by atoms with van der Waals surface area (Å²) in [5.41, 5.74) is 0. The lowest BCUT2D eigenvalue weighted by molar-refractivity contribution is 1.11. The zero-order chi connectivity index (χ0) is 4.00. The van der Waals surface area contributed by atoms with Crippen LogP contribution in [0.1, 0.15) is 25.2 Å². The lowest BCUT2D eigenvalue weighted by Gasteiger charge is -0.344. The highest BCUT2D eigenvalue weighted by Gasteiger charge is -0.0755. The van der Waals surface area contributed by atoms with E-state index >= 15 is 0 Å². The second-order valence-electron chi connectivity index (χ2n) is 0. The first-order chi connectivity index (χ1) is 2.00. The van der Waals surface area contributed by atoms with Gasteiger partial charge in [0.15, 0.2) is 0 Å². The van der Waals surface area contributed by atoms with Crippen molar-refractivity contribution in [3.63, 3.8) is 0 Å². The Labute approximate surface area is 39.0 Å². The smallest absolute Gasteiger partial charge is 0.269 e. The van der Waals surface area contributed by atoms with Crippen molar-refractivity contribution in [3.05, 3.63) is 0 Å². The van der Waals surface area contributed by atoms with Gasteiger partial charge in [-0.1, -0.05) is 22.3 Å². The molecule has 0 aliphatic heterocycles. The van der Waals surface area contributed by atoms with E-state index in [9.17, 15) is 0 Å². The minimum Gasteiger partial charge on any atom is -0.344 e. The van der Waals surface area contributed by atoms with Gasteiger partial charge in [-0.25, -0.2) is 0 Å². The molecule has 0 aromatic heterocycles. The van der Waals surface area contributed by atoms with Gasteiger partial charge in [0.2, 0.25) is 0 Å². The first kappa shape index (κ1) is 20.7. The van der Waals surface area contributed by atoms with Crippen LogP contribution >= 0.6 is 0 Å². The Kier molecular flexibility index (Phi) is 11100. The summed E-state index contributed by atoms with van der Waals surface area (Å²) in [6.45, 7) is 0. The minimum atomic E-state index is 0. The maximum absolute atomic E-state index is 8.75. The molecule has 0 rings (SSSR count). The van der Waals surface area contributed by atoms with Crippen molar-refractivity contribution < 1.29 is 7.69 Å². The molecule has 0 radical (unpaired) electrons. The van der Waals surface area contributed by atoms with Crippen LogP contribution in [0.2, 0.25) is 0 Å². The third kappa shape index (κ3) is 1150. The molecule has 0 aromatic rings. The molecule has 0 spiro atoms. The molecule has 3 N–H and O–H groups in total. The van der Waals surface area contributed by atoms with E-state index in [1.807, 2.05) is 0 Å². The van der Waals surface area contributed by atoms with Crippen molar-refractivity contribution in [3.8, 4) is 0 Å². The summed E-state index contributed by atoms with van der Waals surface area (Å²) in [5, 5.41) is 0. The Bertz CT molecular complexity index is 14.5. The third-order valence-electron chi connectivity index (χ3n) is 0. The van der Waals surface area contributed by atoms with E-state index in [4.69, 9.17) is 7.69 Å². The van der Waals surface area contributed by atoms with Crippen LogP contribution in [0.5, 0.6) is 0 Å². The fourth-order valence-electron chi connectivity index (χ4n) is 0. The van der Waals surface area contributed by atoms with E-state index in [-0.39, 0.29) is 28.4 Å². The molecule has 0 heterocycles. The molecule has 0 saturated heterocycles. The molecule has 0 aromatic carbocycles. The second-order valence-corrected chi connectivity index (χ2v) is 0. The van der Waals surface area contributed by atoms with Gasteiger partial charge in [0, 0.05) is 2.97 Å². The zero-order valence-electron chi connectivity index (χ0n) is 4.09. The number of halogens is 1. The highest BCUT2D eigenvalue weighted by Crippen LogP contribution is 0.420. The standard InChI is InChI=1S/3CH4.FH.H3N.H2/h3*1H4;1H;1H3;1H/i;;;;;1+2T/hT. The first-order valence-electron chi connectivity index (χ1n) is 1.38. The molecule has 0 unspecified atom stereocenters. The maximum atomic E-state index is 8.75. The molecule has 42 valence electrons. The number of rotatable bonds is 0. The van der Waals surface area contributed by atoms with Crippen LogP contribution < -0.4 is 6.15 Å². The van der Waals surface area contributed by atoms with Gasteiger partial charge < -0.3 is 6.15 Å². The molecule has 5 heavy (non-hydrogen) atoms. The van der Waals surface area contributed by atoms with E-state index in [0.717, 1.165) is 0 Å². The molecule has 0 bridgehead atoms. The Morgan fingerprint density at radius 1 is 1.40 bits per heavy atom. The summed E-state index contributed by atoms with van der Waals surface area (Å²) in [6.07, 6.45) is 0. The van der Waals surface area contributed by atoms with Crippen LogP contribution in [0.15, 0.2) is 0 Å². The second kappa shape index (κ2) is 2690. The third-order valence-corrected chi connectivity index (χ3v) is 0. The van der Waals surface area contributed by atoms with E-state index in [1.54, 1.807) is 0 Å². The molecule has 0 aliphatic carbocycles. The molecule has 0 atom stereocenters. The van der Waals surface area contributed by atoms with Crippen molar-refractivity contribution >= 4 is 0 Å². The predicted octanol–water partition coefficient (Wildman–Crippen LogP) is 2.47. The van der Waals surface area contributed by atoms with Gasteiger partial charge >= 0.3 is 0 Å². The Balaban J connectivity index is -0.00000000167. The fourth-order valence-corrected chi connectivity index (χ4v) is 0. The Morgan fingerprint density at radius 3 is 1.40 bits per heavy atom. The quantitative estimate of drug-likeness (QED) is 0.490. The predicted molar refractivity (Wildman–Crippen MR) is 29.8 cm³/mol. The molecular weight excluding hydrogens is 69.0 g/mol. The summed E-state index contributed by atoms with van der Waals surface area (Å²) >= 11 is 0. The van der Waals surface area contributed by atoms with E-state index in [0.29, 0.717) is 0 Å². The van der Waals surface area contributed by atoms with Gasteiger partial charge in [-0.3, -0.25) is 4.72 Å². The molecule has 0 saturated carbocycles. The molecular formula is C3H18FN. The topological polar surface area (TPSA) is 35.0 Å². The highest BCUT2D eigenvalue weighted by molar-refractivity contribution is 2.51. The molecule has 2 heteroatoms. The monoisotopic (exact) mass is 93.2 g/mol. The van der Waals surface area contributed by atoms with Crippen LogP contribution in [0.4, 0.5) is 4.72 Å². The summed E-state index contributed by atoms with van der Waals surface area (Å²) in [6, 6.07) is 0. The first-order valence-corrected chi connectivity index (χ1v) is 0. The zero-order valence-corrected chi connectivity index (χ0v) is 1.09. The van der Waals surface area contributed by atoms with E-state index in [1.165, 1.54) is 0 Å². The van der Waals surface area contributed by atoms with E-state index in [2.05, 4.69) is 1.45 Å². The van der Waals surface area contributed by atoms with Crippen molar-refractivity contribution in [1.82, 2.24) is 6.15 Å². The Morgan fingerprint density at radius 2 is 1.40 bits per heavy atom. The maximum Gasteiger partial charge on any atom is 0.269 e. The van der Waals surface area contributed by atoms with Crippen molar-refractivity contribution in [1.29, 1.82) is 1.45 Å². The van der Waals surface area contributed by atoms with Gasteiger partial charge in [-0.15, -0.1) is 0 Å². The Hall–Kier alpha value is -0.110.